The van der Waals surface area contributed by atoms with Crippen LogP contribution >= 0.6 is 46.6 Å². The topological polar surface area (TPSA) is 59.8 Å². The first kappa shape index (κ1) is 19.0. The molecule has 0 aliphatic carbocycles. The second-order valence-corrected chi connectivity index (χ2v) is 7.52. The van der Waals surface area contributed by atoms with Crippen molar-refractivity contribution >= 4 is 58.2 Å². The minimum atomic E-state index is -0.241. The number of hydrogen-bond acceptors (Lipinski definition) is 4. The maximum atomic E-state index is 12.2. The van der Waals surface area contributed by atoms with Crippen LogP contribution in [0.25, 0.3) is 5.69 Å². The van der Waals surface area contributed by atoms with Gasteiger partial charge in [0.2, 0.25) is 5.91 Å². The molecular weight excluding hydrogens is 415 g/mol. The summed E-state index contributed by atoms with van der Waals surface area (Å²) >= 11 is 19.2. The van der Waals surface area contributed by atoms with Crippen molar-refractivity contribution < 1.29 is 4.79 Å². The van der Waals surface area contributed by atoms with Gasteiger partial charge in [-0.25, -0.2) is 0 Å². The van der Waals surface area contributed by atoms with Crippen LogP contribution in [0.4, 0.5) is 5.69 Å². The molecule has 1 N–H and O–H groups in total. The lowest BCUT2D eigenvalue weighted by atomic mass is 10.2. The van der Waals surface area contributed by atoms with Crippen LogP contribution < -0.4 is 5.32 Å². The fourth-order valence-corrected chi connectivity index (χ4v) is 3.57. The second-order valence-electron chi connectivity index (χ2n) is 5.35. The number of nitrogens with zero attached hydrogens (tertiary/aromatic N) is 3. The first-order valence-corrected chi connectivity index (χ1v) is 9.61. The van der Waals surface area contributed by atoms with E-state index in [1.807, 2.05) is 35.8 Å². The number of halogens is 3. The summed E-state index contributed by atoms with van der Waals surface area (Å²) in [5.41, 5.74) is 2.46. The highest BCUT2D eigenvalue weighted by atomic mass is 35.5. The zero-order valence-corrected chi connectivity index (χ0v) is 16.6. The average molecular weight is 428 g/mol. The summed E-state index contributed by atoms with van der Waals surface area (Å²) in [5, 5.41) is 12.3. The molecule has 26 heavy (non-hydrogen) atoms. The second kappa shape index (κ2) is 8.31. The number of para-hydroxylation sites is 1. The molecule has 2 aromatic carbocycles. The zero-order chi connectivity index (χ0) is 18.7. The normalized spacial score (nSPS) is 10.8. The summed E-state index contributed by atoms with van der Waals surface area (Å²) in [7, 11) is 0. The molecule has 0 spiro atoms. The van der Waals surface area contributed by atoms with E-state index >= 15 is 0 Å². The first-order valence-electron chi connectivity index (χ1n) is 7.49. The molecule has 3 aromatic rings. The van der Waals surface area contributed by atoms with E-state index in [0.717, 1.165) is 11.3 Å². The van der Waals surface area contributed by atoms with Crippen LogP contribution in [0.5, 0.6) is 0 Å². The lowest BCUT2D eigenvalue weighted by molar-refractivity contribution is -0.113. The van der Waals surface area contributed by atoms with Gasteiger partial charge in [0, 0.05) is 0 Å². The summed E-state index contributed by atoms with van der Waals surface area (Å²) in [6, 6.07) is 10.9. The molecule has 0 radical (unpaired) electrons. The van der Waals surface area contributed by atoms with Crippen LogP contribution in [0.2, 0.25) is 15.1 Å². The SMILES string of the molecule is Cc1ccccc1-n1cnnc1SCC(=O)Nc1cc(Cl)c(Cl)cc1Cl. The van der Waals surface area contributed by atoms with Gasteiger partial charge in [0.15, 0.2) is 5.16 Å². The molecule has 0 aliphatic rings. The van der Waals surface area contributed by atoms with E-state index in [1.54, 1.807) is 6.33 Å². The largest absolute Gasteiger partial charge is 0.324 e. The Morgan fingerprint density at radius 3 is 2.65 bits per heavy atom. The van der Waals surface area contributed by atoms with E-state index in [1.165, 1.54) is 23.9 Å². The van der Waals surface area contributed by atoms with Gasteiger partial charge in [-0.2, -0.15) is 0 Å². The molecular formula is C17H13Cl3N4OS. The standard InChI is InChI=1S/C17H13Cl3N4OS/c1-10-4-2-3-5-15(10)24-9-21-23-17(24)26-8-16(25)22-14-7-12(19)11(18)6-13(14)20/h2-7,9H,8H2,1H3,(H,22,25). The average Bonchev–Trinajstić information content (AvgIpc) is 3.06. The maximum Gasteiger partial charge on any atom is 0.234 e. The molecule has 0 saturated heterocycles. The maximum absolute atomic E-state index is 12.2. The Kier molecular flexibility index (Phi) is 6.09. The van der Waals surface area contributed by atoms with Gasteiger partial charge in [0.1, 0.15) is 6.33 Å². The molecule has 9 heteroatoms. The number of aryl methyl sites for hydroxylation is 1. The Hall–Kier alpha value is -1.73. The molecule has 0 atom stereocenters. The number of rotatable bonds is 5. The van der Waals surface area contributed by atoms with E-state index in [9.17, 15) is 4.79 Å². The van der Waals surface area contributed by atoms with E-state index in [2.05, 4.69) is 15.5 Å². The highest BCUT2D eigenvalue weighted by Crippen LogP contribution is 2.32. The lowest BCUT2D eigenvalue weighted by Crippen LogP contribution is -2.15. The highest BCUT2D eigenvalue weighted by molar-refractivity contribution is 7.99. The molecule has 1 amide bonds. The van der Waals surface area contributed by atoms with Crippen molar-refractivity contribution in [2.75, 3.05) is 11.1 Å². The van der Waals surface area contributed by atoms with Gasteiger partial charge < -0.3 is 5.32 Å². The fraction of sp³-hybridized carbons (Fsp3) is 0.118. The van der Waals surface area contributed by atoms with Gasteiger partial charge >= 0.3 is 0 Å². The summed E-state index contributed by atoms with van der Waals surface area (Å²) in [6.07, 6.45) is 1.62. The van der Waals surface area contributed by atoms with Gasteiger partial charge in [-0.15, -0.1) is 10.2 Å². The van der Waals surface area contributed by atoms with Crippen molar-refractivity contribution in [3.8, 4) is 5.69 Å². The quantitative estimate of drug-likeness (QED) is 0.445. The van der Waals surface area contributed by atoms with Crippen LogP contribution in [0.15, 0.2) is 47.9 Å². The van der Waals surface area contributed by atoms with Gasteiger partial charge in [-0.05, 0) is 30.7 Å². The van der Waals surface area contributed by atoms with E-state index < -0.39 is 0 Å². The molecule has 0 bridgehead atoms. The van der Waals surface area contributed by atoms with Gasteiger partial charge in [0.05, 0.1) is 32.2 Å². The van der Waals surface area contributed by atoms with Crippen molar-refractivity contribution in [1.29, 1.82) is 0 Å². The number of carbonyl (C=O) groups excluding carboxylic acids is 1. The fourth-order valence-electron chi connectivity index (χ4n) is 2.26. The minimum absolute atomic E-state index is 0.140. The molecule has 5 nitrogen and oxygen atoms in total. The van der Waals surface area contributed by atoms with Gasteiger partial charge in [-0.1, -0.05) is 64.8 Å². The molecule has 0 saturated carbocycles. The molecule has 3 rings (SSSR count). The van der Waals surface area contributed by atoms with Crippen molar-refractivity contribution in [2.45, 2.75) is 12.1 Å². The number of thioether (sulfide) groups is 1. The lowest BCUT2D eigenvalue weighted by Gasteiger charge is -2.10. The summed E-state index contributed by atoms with van der Waals surface area (Å²) in [4.78, 5) is 12.2. The Morgan fingerprint density at radius 2 is 1.88 bits per heavy atom. The summed E-state index contributed by atoms with van der Waals surface area (Å²) in [6.45, 7) is 2.00. The third kappa shape index (κ3) is 4.32. The van der Waals surface area contributed by atoms with Crippen molar-refractivity contribution in [3.63, 3.8) is 0 Å². The Morgan fingerprint density at radius 1 is 1.15 bits per heavy atom. The molecule has 1 heterocycles. The predicted molar refractivity (Wildman–Crippen MR) is 107 cm³/mol. The van der Waals surface area contributed by atoms with Crippen molar-refractivity contribution in [2.24, 2.45) is 0 Å². The third-order valence-electron chi connectivity index (χ3n) is 3.51. The van der Waals surface area contributed by atoms with E-state index in [-0.39, 0.29) is 11.7 Å². The Bertz CT molecular complexity index is 961. The van der Waals surface area contributed by atoms with Crippen molar-refractivity contribution in [3.05, 3.63) is 63.4 Å². The molecule has 134 valence electrons. The third-order valence-corrected chi connectivity index (χ3v) is 5.49. The number of hydrogen-bond donors (Lipinski definition) is 1. The molecule has 0 unspecified atom stereocenters. The number of anilines is 1. The van der Waals surface area contributed by atoms with Gasteiger partial charge in [-0.3, -0.25) is 9.36 Å². The monoisotopic (exact) mass is 426 g/mol. The van der Waals surface area contributed by atoms with E-state index in [0.29, 0.717) is 25.9 Å². The number of aromatic nitrogens is 3. The molecule has 1 aromatic heterocycles. The number of benzene rings is 2. The molecule has 0 aliphatic heterocycles. The van der Waals surface area contributed by atoms with Crippen LogP contribution in [0.1, 0.15) is 5.56 Å². The van der Waals surface area contributed by atoms with Gasteiger partial charge in [0.25, 0.3) is 0 Å². The zero-order valence-electron chi connectivity index (χ0n) is 13.5. The first-order chi connectivity index (χ1) is 12.5. The van der Waals surface area contributed by atoms with Crippen molar-refractivity contribution in [1.82, 2.24) is 14.8 Å². The van der Waals surface area contributed by atoms with E-state index in [4.69, 9.17) is 34.8 Å². The Balaban J connectivity index is 1.69. The predicted octanol–water partition coefficient (Wildman–Crippen LogP) is 5.27. The number of nitrogens with one attached hydrogen (secondary N) is 1. The van der Waals surface area contributed by atoms with Crippen LogP contribution in [0, 0.1) is 6.92 Å². The highest BCUT2D eigenvalue weighted by Gasteiger charge is 2.13. The number of carbonyl (C=O) groups is 1. The van der Waals surface area contributed by atoms with Crippen LogP contribution in [0.3, 0.4) is 0 Å². The number of amides is 1. The van der Waals surface area contributed by atoms with Crippen LogP contribution in [-0.4, -0.2) is 26.4 Å². The Labute approximate surface area is 169 Å². The smallest absolute Gasteiger partial charge is 0.234 e. The molecule has 0 fully saturated rings. The van der Waals surface area contributed by atoms with Crippen LogP contribution in [-0.2, 0) is 4.79 Å². The minimum Gasteiger partial charge on any atom is -0.324 e. The summed E-state index contributed by atoms with van der Waals surface area (Å²) < 4.78 is 1.85. The summed E-state index contributed by atoms with van der Waals surface area (Å²) in [5.74, 6) is -0.101.